The summed E-state index contributed by atoms with van der Waals surface area (Å²) in [5, 5.41) is 0. The van der Waals surface area contributed by atoms with Crippen molar-refractivity contribution in [2.24, 2.45) is 11.7 Å². The molecule has 0 aromatic heterocycles. The Kier molecular flexibility index (Phi) is 4.71. The molecular weight excluding hydrogens is 248 g/mol. The van der Waals surface area contributed by atoms with E-state index >= 15 is 0 Å². The molecule has 112 valence electrons. The van der Waals surface area contributed by atoms with Gasteiger partial charge in [-0.15, -0.1) is 0 Å². The van der Waals surface area contributed by atoms with Crippen LogP contribution < -0.4 is 10.5 Å². The molecule has 1 aliphatic rings. The van der Waals surface area contributed by atoms with Gasteiger partial charge in [0.05, 0.1) is 7.11 Å². The van der Waals surface area contributed by atoms with Crippen LogP contribution in [0, 0.1) is 5.92 Å². The predicted molar refractivity (Wildman–Crippen MR) is 84.0 cm³/mol. The number of methoxy groups -OCH3 is 1. The summed E-state index contributed by atoms with van der Waals surface area (Å²) < 4.78 is 5.34. The fraction of sp³-hybridized carbons (Fsp3) is 0.647. The lowest BCUT2D eigenvalue weighted by Gasteiger charge is -2.49. The molecule has 0 bridgehead atoms. The van der Waals surface area contributed by atoms with Crippen LogP contribution >= 0.6 is 0 Å². The maximum Gasteiger partial charge on any atom is 0.119 e. The van der Waals surface area contributed by atoms with Crippen molar-refractivity contribution in [2.75, 3.05) is 21.2 Å². The molecule has 2 rings (SSSR count). The molecule has 0 heterocycles. The number of hydrogen-bond donors (Lipinski definition) is 1. The maximum atomic E-state index is 6.69. The molecule has 2 N–H and O–H groups in total. The van der Waals surface area contributed by atoms with E-state index in [1.807, 2.05) is 12.1 Å². The highest BCUT2D eigenvalue weighted by Gasteiger charge is 2.42. The molecular formula is C17H28N2O. The zero-order valence-electron chi connectivity index (χ0n) is 13.2. The highest BCUT2D eigenvalue weighted by atomic mass is 16.5. The molecule has 1 aromatic carbocycles. The van der Waals surface area contributed by atoms with E-state index in [0.717, 1.165) is 11.7 Å². The monoisotopic (exact) mass is 276 g/mol. The van der Waals surface area contributed by atoms with Crippen LogP contribution in [0.1, 0.15) is 44.2 Å². The van der Waals surface area contributed by atoms with E-state index in [0.29, 0.717) is 0 Å². The maximum absolute atomic E-state index is 6.69. The van der Waals surface area contributed by atoms with Gasteiger partial charge >= 0.3 is 0 Å². The van der Waals surface area contributed by atoms with Crippen molar-refractivity contribution in [2.45, 2.75) is 44.2 Å². The van der Waals surface area contributed by atoms with Crippen LogP contribution in [-0.2, 0) is 0 Å². The Bertz CT molecular complexity index is 446. The summed E-state index contributed by atoms with van der Waals surface area (Å²) >= 11 is 0. The molecule has 0 amide bonds. The number of nitrogens with zero attached hydrogens (tertiary/aromatic N) is 1. The van der Waals surface area contributed by atoms with Gasteiger partial charge in [0.15, 0.2) is 0 Å². The standard InChI is InChI=1S/C17H28N2O/c1-13-7-6-10-17(12-13,19(2)3)16(18)14-8-5-9-15(11-14)20-4/h5,8-9,11,13,16H,6-7,10,12,18H2,1-4H3. The van der Waals surface area contributed by atoms with Crippen molar-refractivity contribution < 1.29 is 4.74 Å². The molecule has 3 unspecified atom stereocenters. The topological polar surface area (TPSA) is 38.5 Å². The van der Waals surface area contributed by atoms with Crippen LogP contribution in [0.2, 0.25) is 0 Å². The van der Waals surface area contributed by atoms with Crippen LogP contribution in [0.4, 0.5) is 0 Å². The summed E-state index contributed by atoms with van der Waals surface area (Å²) in [4.78, 5) is 2.34. The van der Waals surface area contributed by atoms with Crippen molar-refractivity contribution in [3.8, 4) is 5.75 Å². The summed E-state index contributed by atoms with van der Waals surface area (Å²) in [5.74, 6) is 1.62. The SMILES string of the molecule is COc1cccc(C(N)C2(N(C)C)CCCC(C)C2)c1. The molecule has 3 nitrogen and oxygen atoms in total. The van der Waals surface area contributed by atoms with Gasteiger partial charge < -0.3 is 15.4 Å². The summed E-state index contributed by atoms with van der Waals surface area (Å²) in [6.45, 7) is 2.34. The third kappa shape index (κ3) is 2.84. The van der Waals surface area contributed by atoms with Gasteiger partial charge in [0.2, 0.25) is 0 Å². The van der Waals surface area contributed by atoms with Crippen molar-refractivity contribution in [1.29, 1.82) is 0 Å². The van der Waals surface area contributed by atoms with Gasteiger partial charge in [-0.2, -0.15) is 0 Å². The number of rotatable bonds is 4. The molecule has 1 fully saturated rings. The van der Waals surface area contributed by atoms with Crippen LogP contribution in [0.25, 0.3) is 0 Å². The second-order valence-electron chi connectivity index (χ2n) is 6.45. The molecule has 1 aromatic rings. The molecule has 0 aliphatic heterocycles. The average Bonchev–Trinajstić information content (AvgIpc) is 2.46. The number of nitrogens with two attached hydrogens (primary N) is 1. The summed E-state index contributed by atoms with van der Waals surface area (Å²) in [6, 6.07) is 8.23. The number of benzene rings is 1. The third-order valence-corrected chi connectivity index (χ3v) is 4.93. The smallest absolute Gasteiger partial charge is 0.119 e. The first-order valence-corrected chi connectivity index (χ1v) is 7.56. The van der Waals surface area contributed by atoms with E-state index in [1.54, 1.807) is 7.11 Å². The predicted octanol–water partition coefficient (Wildman–Crippen LogP) is 3.21. The highest BCUT2D eigenvalue weighted by molar-refractivity contribution is 5.32. The molecule has 0 radical (unpaired) electrons. The number of hydrogen-bond acceptors (Lipinski definition) is 3. The summed E-state index contributed by atoms with van der Waals surface area (Å²) in [7, 11) is 6.03. The van der Waals surface area contributed by atoms with E-state index in [1.165, 1.54) is 31.2 Å². The Morgan fingerprint density at radius 1 is 1.40 bits per heavy atom. The largest absolute Gasteiger partial charge is 0.497 e. The lowest BCUT2D eigenvalue weighted by Crippen LogP contribution is -2.54. The normalized spacial score (nSPS) is 28.4. The van der Waals surface area contributed by atoms with E-state index in [-0.39, 0.29) is 11.6 Å². The highest BCUT2D eigenvalue weighted by Crippen LogP contribution is 2.43. The molecule has 1 aliphatic carbocycles. The first-order valence-electron chi connectivity index (χ1n) is 7.56. The van der Waals surface area contributed by atoms with Crippen LogP contribution in [0.3, 0.4) is 0 Å². The van der Waals surface area contributed by atoms with Gasteiger partial charge in [0.1, 0.15) is 5.75 Å². The number of ether oxygens (including phenoxy) is 1. The third-order valence-electron chi connectivity index (χ3n) is 4.93. The molecule has 3 atom stereocenters. The summed E-state index contributed by atoms with van der Waals surface area (Å²) in [6.07, 6.45) is 4.92. The lowest BCUT2D eigenvalue weighted by atomic mass is 9.70. The summed E-state index contributed by atoms with van der Waals surface area (Å²) in [5.41, 5.74) is 7.93. The van der Waals surface area contributed by atoms with Crippen LogP contribution in [0.15, 0.2) is 24.3 Å². The quantitative estimate of drug-likeness (QED) is 0.917. The zero-order chi connectivity index (χ0) is 14.8. The van der Waals surface area contributed by atoms with E-state index in [9.17, 15) is 0 Å². The minimum Gasteiger partial charge on any atom is -0.497 e. The fourth-order valence-corrected chi connectivity index (χ4v) is 3.68. The number of likely N-dealkylation sites (N-methyl/N-ethyl adjacent to an activating group) is 1. The first-order chi connectivity index (χ1) is 9.49. The first kappa shape index (κ1) is 15.3. The average molecular weight is 276 g/mol. The minimum atomic E-state index is 0.0235. The van der Waals surface area contributed by atoms with Gasteiger partial charge in [-0.05, 0) is 50.6 Å². The van der Waals surface area contributed by atoms with Gasteiger partial charge in [-0.25, -0.2) is 0 Å². The van der Waals surface area contributed by atoms with Crippen LogP contribution in [-0.4, -0.2) is 31.6 Å². The van der Waals surface area contributed by atoms with Gasteiger partial charge in [0.25, 0.3) is 0 Å². The van der Waals surface area contributed by atoms with E-state index in [2.05, 4.69) is 38.1 Å². The van der Waals surface area contributed by atoms with Gasteiger partial charge in [-0.3, -0.25) is 0 Å². The second-order valence-corrected chi connectivity index (χ2v) is 6.45. The van der Waals surface area contributed by atoms with Crippen molar-refractivity contribution >= 4 is 0 Å². The molecule has 20 heavy (non-hydrogen) atoms. The molecule has 1 saturated carbocycles. The van der Waals surface area contributed by atoms with Gasteiger partial charge in [0, 0.05) is 11.6 Å². The molecule has 0 saturated heterocycles. The fourth-order valence-electron chi connectivity index (χ4n) is 3.68. The Balaban J connectivity index is 2.33. The van der Waals surface area contributed by atoms with E-state index in [4.69, 9.17) is 10.5 Å². The Morgan fingerprint density at radius 2 is 2.15 bits per heavy atom. The Hall–Kier alpha value is -1.06. The minimum absolute atomic E-state index is 0.0235. The molecule has 0 spiro atoms. The van der Waals surface area contributed by atoms with Crippen molar-refractivity contribution in [1.82, 2.24) is 4.90 Å². The van der Waals surface area contributed by atoms with Gasteiger partial charge in [-0.1, -0.05) is 31.9 Å². The van der Waals surface area contributed by atoms with Crippen LogP contribution in [0.5, 0.6) is 5.75 Å². The van der Waals surface area contributed by atoms with Crippen molar-refractivity contribution in [3.63, 3.8) is 0 Å². The second kappa shape index (κ2) is 6.15. The van der Waals surface area contributed by atoms with E-state index < -0.39 is 0 Å². The Morgan fingerprint density at radius 3 is 2.75 bits per heavy atom. The lowest BCUT2D eigenvalue weighted by molar-refractivity contribution is 0.0499. The van der Waals surface area contributed by atoms with Crippen molar-refractivity contribution in [3.05, 3.63) is 29.8 Å². The zero-order valence-corrected chi connectivity index (χ0v) is 13.2. The molecule has 3 heteroatoms. The Labute approximate surface area is 123 Å².